The largest absolute Gasteiger partial charge is 0.478 e. The maximum atomic E-state index is 10.5. The van der Waals surface area contributed by atoms with E-state index in [1.54, 1.807) is 12.1 Å². The highest BCUT2D eigenvalue weighted by atomic mass is 16.4. The summed E-state index contributed by atoms with van der Waals surface area (Å²) in [5, 5.41) is 8.66. The Balaban J connectivity index is 2.56. The molecule has 0 amide bonds. The quantitative estimate of drug-likeness (QED) is 0.581. The molecule has 0 aromatic heterocycles. The van der Waals surface area contributed by atoms with Gasteiger partial charge in [0, 0.05) is 6.42 Å². The Labute approximate surface area is 83.6 Å². The first-order chi connectivity index (χ1) is 6.74. The molecule has 0 unspecified atom stereocenters. The lowest BCUT2D eigenvalue weighted by molar-refractivity contribution is 0.0697. The normalized spacial score (nSPS) is 9.36. The third kappa shape index (κ3) is 2.95. The van der Waals surface area contributed by atoms with Gasteiger partial charge in [-0.1, -0.05) is 12.1 Å². The van der Waals surface area contributed by atoms with Gasteiger partial charge in [-0.2, -0.15) is 0 Å². The van der Waals surface area contributed by atoms with E-state index in [4.69, 9.17) is 11.5 Å². The van der Waals surface area contributed by atoms with E-state index in [0.29, 0.717) is 5.56 Å². The van der Waals surface area contributed by atoms with Crippen LogP contribution >= 0.6 is 0 Å². The van der Waals surface area contributed by atoms with Crippen molar-refractivity contribution in [1.29, 1.82) is 0 Å². The Kier molecular flexibility index (Phi) is 3.75. The Bertz CT molecular complexity index is 344. The van der Waals surface area contributed by atoms with E-state index in [1.165, 1.54) is 0 Å². The minimum atomic E-state index is -0.889. The van der Waals surface area contributed by atoms with Crippen LogP contribution in [0.2, 0.25) is 0 Å². The van der Waals surface area contributed by atoms with Crippen LogP contribution < -0.4 is 0 Å². The van der Waals surface area contributed by atoms with Gasteiger partial charge in [-0.25, -0.2) is 4.79 Å². The second kappa shape index (κ2) is 5.08. The average molecular weight is 188 g/mol. The highest BCUT2D eigenvalue weighted by Crippen LogP contribution is 2.07. The number of unbranched alkanes of at least 4 members (excludes halogenated alkanes) is 1. The van der Waals surface area contributed by atoms with Crippen LogP contribution in [-0.2, 0) is 6.42 Å². The van der Waals surface area contributed by atoms with Crippen molar-refractivity contribution < 1.29 is 9.90 Å². The lowest BCUT2D eigenvalue weighted by Gasteiger charge is -1.99. The molecule has 1 N–H and O–H groups in total. The summed E-state index contributed by atoms with van der Waals surface area (Å²) < 4.78 is 0. The molecule has 0 atom stereocenters. The lowest BCUT2D eigenvalue weighted by Crippen LogP contribution is -1.95. The van der Waals surface area contributed by atoms with Crippen molar-refractivity contribution in [3.8, 4) is 12.3 Å². The van der Waals surface area contributed by atoms with Crippen molar-refractivity contribution in [3.63, 3.8) is 0 Å². The van der Waals surface area contributed by atoms with E-state index >= 15 is 0 Å². The Morgan fingerprint density at radius 1 is 1.36 bits per heavy atom. The van der Waals surface area contributed by atoms with Gasteiger partial charge < -0.3 is 5.11 Å². The zero-order valence-electron chi connectivity index (χ0n) is 7.86. The molecule has 2 heteroatoms. The van der Waals surface area contributed by atoms with Crippen molar-refractivity contribution >= 4 is 5.97 Å². The molecule has 1 rings (SSSR count). The van der Waals surface area contributed by atoms with Crippen molar-refractivity contribution in [1.82, 2.24) is 0 Å². The lowest BCUT2D eigenvalue weighted by atomic mass is 10.1. The Morgan fingerprint density at radius 3 is 2.50 bits per heavy atom. The first-order valence-corrected chi connectivity index (χ1v) is 4.49. The predicted octanol–water partition coefficient (Wildman–Crippen LogP) is 2.34. The topological polar surface area (TPSA) is 37.3 Å². The molecule has 72 valence electrons. The monoisotopic (exact) mass is 188 g/mol. The first-order valence-electron chi connectivity index (χ1n) is 4.49. The molecule has 0 aliphatic rings. The van der Waals surface area contributed by atoms with Crippen LogP contribution in [-0.4, -0.2) is 11.1 Å². The maximum Gasteiger partial charge on any atom is 0.335 e. The molecule has 0 saturated carbocycles. The number of rotatable bonds is 4. The number of benzene rings is 1. The average Bonchev–Trinajstić information content (AvgIpc) is 2.19. The highest BCUT2D eigenvalue weighted by Gasteiger charge is 2.00. The Hall–Kier alpha value is -1.75. The van der Waals surface area contributed by atoms with Crippen molar-refractivity contribution in [2.24, 2.45) is 0 Å². The number of aromatic carboxylic acids is 1. The van der Waals surface area contributed by atoms with Crippen molar-refractivity contribution in [2.75, 3.05) is 0 Å². The third-order valence-electron chi connectivity index (χ3n) is 1.99. The fourth-order valence-corrected chi connectivity index (χ4v) is 1.21. The fraction of sp³-hybridized carbons (Fsp3) is 0.250. The zero-order chi connectivity index (χ0) is 10.4. The minimum absolute atomic E-state index is 0.325. The van der Waals surface area contributed by atoms with Crippen LogP contribution in [0, 0.1) is 12.3 Å². The van der Waals surface area contributed by atoms with Crippen LogP contribution in [0.1, 0.15) is 28.8 Å². The van der Waals surface area contributed by atoms with Crippen molar-refractivity contribution in [3.05, 3.63) is 35.4 Å². The molecule has 0 radical (unpaired) electrons. The third-order valence-corrected chi connectivity index (χ3v) is 1.99. The van der Waals surface area contributed by atoms with Gasteiger partial charge in [0.15, 0.2) is 0 Å². The number of terminal acetylenes is 1. The van der Waals surface area contributed by atoms with Crippen molar-refractivity contribution in [2.45, 2.75) is 19.3 Å². The summed E-state index contributed by atoms with van der Waals surface area (Å²) in [7, 11) is 0. The summed E-state index contributed by atoms with van der Waals surface area (Å²) in [5.74, 6) is 1.68. The summed E-state index contributed by atoms with van der Waals surface area (Å²) in [5.41, 5.74) is 1.45. The van der Waals surface area contributed by atoms with Crippen LogP contribution in [0.4, 0.5) is 0 Å². The number of carbonyl (C=O) groups is 1. The van der Waals surface area contributed by atoms with E-state index in [-0.39, 0.29) is 0 Å². The predicted molar refractivity (Wildman–Crippen MR) is 55.2 cm³/mol. The van der Waals surface area contributed by atoms with Gasteiger partial charge in [-0.05, 0) is 30.5 Å². The van der Waals surface area contributed by atoms with Gasteiger partial charge in [0.1, 0.15) is 0 Å². The SMILES string of the molecule is C#CCCCc1ccc(C(=O)O)cc1. The molecule has 2 nitrogen and oxygen atoms in total. The molecule has 0 bridgehead atoms. The second-order valence-electron chi connectivity index (χ2n) is 3.06. The van der Waals surface area contributed by atoms with Crippen LogP contribution in [0.25, 0.3) is 0 Å². The molecule has 14 heavy (non-hydrogen) atoms. The van der Waals surface area contributed by atoms with Gasteiger partial charge in [-0.15, -0.1) is 12.3 Å². The molecule has 1 aromatic carbocycles. The molecule has 1 aromatic rings. The van der Waals surface area contributed by atoms with Gasteiger partial charge in [0.2, 0.25) is 0 Å². The molecule has 0 fully saturated rings. The zero-order valence-corrected chi connectivity index (χ0v) is 7.86. The van der Waals surface area contributed by atoms with Gasteiger partial charge in [0.05, 0.1) is 5.56 Å². The van der Waals surface area contributed by atoms with Gasteiger partial charge in [0.25, 0.3) is 0 Å². The molecule has 0 aliphatic heterocycles. The highest BCUT2D eigenvalue weighted by molar-refractivity contribution is 5.87. The molecule has 0 saturated heterocycles. The fourth-order valence-electron chi connectivity index (χ4n) is 1.21. The van der Waals surface area contributed by atoms with Crippen LogP contribution in [0.15, 0.2) is 24.3 Å². The van der Waals surface area contributed by atoms with E-state index < -0.39 is 5.97 Å². The number of hydrogen-bond acceptors (Lipinski definition) is 1. The molecular formula is C12H12O2. The number of aryl methyl sites for hydroxylation is 1. The number of hydrogen-bond donors (Lipinski definition) is 1. The van der Waals surface area contributed by atoms with Gasteiger partial charge in [-0.3, -0.25) is 0 Å². The number of carboxylic acids is 1. The smallest absolute Gasteiger partial charge is 0.335 e. The summed E-state index contributed by atoms with van der Waals surface area (Å²) in [4.78, 5) is 10.5. The van der Waals surface area contributed by atoms with E-state index in [2.05, 4.69) is 5.92 Å². The number of carboxylic acid groups (broad SMARTS) is 1. The minimum Gasteiger partial charge on any atom is -0.478 e. The molecule has 0 heterocycles. The summed E-state index contributed by atoms with van der Waals surface area (Å²) in [6, 6.07) is 6.90. The van der Waals surface area contributed by atoms with E-state index in [1.807, 2.05) is 12.1 Å². The first kappa shape index (κ1) is 10.3. The molecule has 0 spiro atoms. The standard InChI is InChI=1S/C12H12O2/c1-2-3-4-5-10-6-8-11(9-7-10)12(13)14/h1,6-9H,3-5H2,(H,13,14). The van der Waals surface area contributed by atoms with E-state index in [9.17, 15) is 4.79 Å². The molecular weight excluding hydrogens is 176 g/mol. The van der Waals surface area contributed by atoms with Gasteiger partial charge >= 0.3 is 5.97 Å². The summed E-state index contributed by atoms with van der Waals surface area (Å²) >= 11 is 0. The van der Waals surface area contributed by atoms with E-state index in [0.717, 1.165) is 24.8 Å². The molecule has 0 aliphatic carbocycles. The van der Waals surface area contributed by atoms with Crippen LogP contribution in [0.5, 0.6) is 0 Å². The maximum absolute atomic E-state index is 10.5. The Morgan fingerprint density at radius 2 is 2.00 bits per heavy atom. The second-order valence-corrected chi connectivity index (χ2v) is 3.06. The summed E-state index contributed by atoms with van der Waals surface area (Å²) in [6.45, 7) is 0. The van der Waals surface area contributed by atoms with Crippen LogP contribution in [0.3, 0.4) is 0 Å². The summed E-state index contributed by atoms with van der Waals surface area (Å²) in [6.07, 6.45) is 7.75.